The predicted molar refractivity (Wildman–Crippen MR) is 108 cm³/mol. The molecule has 0 atom stereocenters. The van der Waals surface area contributed by atoms with Crippen LogP contribution in [0.15, 0.2) is 34.1 Å². The highest BCUT2D eigenvalue weighted by Gasteiger charge is 2.22. The monoisotopic (exact) mass is 403 g/mol. The molecule has 1 amide bonds. The van der Waals surface area contributed by atoms with Gasteiger partial charge >= 0.3 is 5.69 Å². The highest BCUT2D eigenvalue weighted by molar-refractivity contribution is 7.99. The summed E-state index contributed by atoms with van der Waals surface area (Å²) in [6, 6.07) is 7.55. The summed E-state index contributed by atoms with van der Waals surface area (Å²) in [5, 5.41) is 12.6. The van der Waals surface area contributed by atoms with Gasteiger partial charge in [-0.15, -0.1) is 0 Å². The van der Waals surface area contributed by atoms with E-state index in [4.69, 9.17) is 9.84 Å². The number of amides is 1. The largest absolute Gasteiger partial charge is 0.497 e. The maximum atomic E-state index is 12.4. The number of fused-ring (bicyclic) bond motifs is 1. The first-order valence-electron chi connectivity index (χ1n) is 9.38. The van der Waals surface area contributed by atoms with E-state index >= 15 is 0 Å². The lowest BCUT2D eigenvalue weighted by Gasteiger charge is -2.13. The molecule has 2 N–H and O–H groups in total. The van der Waals surface area contributed by atoms with Crippen molar-refractivity contribution in [3.8, 4) is 5.75 Å². The Labute approximate surface area is 168 Å². The van der Waals surface area contributed by atoms with Crippen molar-refractivity contribution in [2.45, 2.75) is 43.8 Å². The molecule has 0 saturated heterocycles. The molecule has 28 heavy (non-hydrogen) atoms. The van der Waals surface area contributed by atoms with E-state index in [1.165, 1.54) is 11.8 Å². The maximum Gasteiger partial charge on any atom is 0.348 e. The molecule has 0 fully saturated rings. The van der Waals surface area contributed by atoms with Gasteiger partial charge in [0.15, 0.2) is 0 Å². The fourth-order valence-corrected chi connectivity index (χ4v) is 4.24. The van der Waals surface area contributed by atoms with Crippen LogP contribution in [0.2, 0.25) is 0 Å². The van der Waals surface area contributed by atoms with E-state index in [0.717, 1.165) is 41.8 Å². The average Bonchev–Trinajstić information content (AvgIpc) is 3.20. The number of nitrogens with one attached hydrogen (secondary N) is 1. The summed E-state index contributed by atoms with van der Waals surface area (Å²) in [6.45, 7) is 0.951. The zero-order valence-electron chi connectivity index (χ0n) is 15.9. The topological polar surface area (TPSA) is 93.5 Å². The van der Waals surface area contributed by atoms with Crippen LogP contribution in [0.5, 0.6) is 5.75 Å². The Balaban J connectivity index is 1.61. The van der Waals surface area contributed by atoms with Crippen LogP contribution >= 0.6 is 11.8 Å². The van der Waals surface area contributed by atoms with Crippen LogP contribution < -0.4 is 15.7 Å². The molecule has 150 valence electrons. The highest BCUT2D eigenvalue weighted by atomic mass is 32.2. The first-order valence-corrected chi connectivity index (χ1v) is 10.4. The van der Waals surface area contributed by atoms with E-state index in [1.807, 2.05) is 24.3 Å². The first-order chi connectivity index (χ1) is 13.6. The van der Waals surface area contributed by atoms with Gasteiger partial charge in [-0.3, -0.25) is 9.36 Å². The SMILES string of the molecule is COc1cccc(CNC(=O)CSc2nc(=O)n(CCCO)c3c2CCC3)c1. The van der Waals surface area contributed by atoms with E-state index in [1.54, 1.807) is 11.7 Å². The number of aliphatic hydroxyl groups is 1. The molecule has 0 radical (unpaired) electrons. The van der Waals surface area contributed by atoms with Gasteiger partial charge in [-0.2, -0.15) is 4.98 Å². The van der Waals surface area contributed by atoms with Gasteiger partial charge in [0.1, 0.15) is 10.8 Å². The second-order valence-corrected chi connectivity index (χ2v) is 7.59. The van der Waals surface area contributed by atoms with E-state index in [-0.39, 0.29) is 24.0 Å². The molecule has 1 aromatic carbocycles. The molecule has 7 nitrogen and oxygen atoms in total. The van der Waals surface area contributed by atoms with Gasteiger partial charge < -0.3 is 15.2 Å². The molecule has 1 aromatic heterocycles. The fourth-order valence-electron chi connectivity index (χ4n) is 3.33. The van der Waals surface area contributed by atoms with Crippen molar-refractivity contribution in [2.75, 3.05) is 19.5 Å². The minimum absolute atomic E-state index is 0.0468. The summed E-state index contributed by atoms with van der Waals surface area (Å²) in [7, 11) is 1.61. The van der Waals surface area contributed by atoms with E-state index in [9.17, 15) is 9.59 Å². The highest BCUT2D eigenvalue weighted by Crippen LogP contribution is 2.29. The van der Waals surface area contributed by atoms with Crippen LogP contribution in [0.25, 0.3) is 0 Å². The lowest BCUT2D eigenvalue weighted by Crippen LogP contribution is -2.28. The van der Waals surface area contributed by atoms with Gasteiger partial charge in [0, 0.05) is 31.0 Å². The first kappa shape index (κ1) is 20.4. The zero-order valence-corrected chi connectivity index (χ0v) is 16.8. The molecule has 0 bridgehead atoms. The molecular weight excluding hydrogens is 378 g/mol. The van der Waals surface area contributed by atoms with Crippen molar-refractivity contribution in [2.24, 2.45) is 0 Å². The Morgan fingerprint density at radius 3 is 3.04 bits per heavy atom. The van der Waals surface area contributed by atoms with Crippen LogP contribution in [0.3, 0.4) is 0 Å². The van der Waals surface area contributed by atoms with Gasteiger partial charge in [-0.25, -0.2) is 4.79 Å². The Morgan fingerprint density at radius 2 is 2.25 bits per heavy atom. The van der Waals surface area contributed by atoms with Crippen LogP contribution in [-0.4, -0.2) is 40.0 Å². The maximum absolute atomic E-state index is 12.4. The normalized spacial score (nSPS) is 12.6. The van der Waals surface area contributed by atoms with Gasteiger partial charge in [0.25, 0.3) is 0 Å². The van der Waals surface area contributed by atoms with Gasteiger partial charge in [-0.05, 0) is 43.4 Å². The summed E-state index contributed by atoms with van der Waals surface area (Å²) in [5.41, 5.74) is 2.74. The third kappa shape index (κ3) is 4.94. The Hall–Kier alpha value is -2.32. The molecule has 0 unspecified atom stereocenters. The number of carbonyl (C=O) groups excluding carboxylic acids is 1. The summed E-state index contributed by atoms with van der Waals surface area (Å²) in [4.78, 5) is 28.8. The second-order valence-electron chi connectivity index (χ2n) is 6.62. The fraction of sp³-hybridized carbons (Fsp3) is 0.450. The molecular formula is C20H25N3O4S. The van der Waals surface area contributed by atoms with Crippen molar-refractivity contribution in [3.05, 3.63) is 51.6 Å². The minimum Gasteiger partial charge on any atom is -0.497 e. The van der Waals surface area contributed by atoms with Gasteiger partial charge in [0.2, 0.25) is 5.91 Å². The van der Waals surface area contributed by atoms with E-state index in [2.05, 4.69) is 10.3 Å². The van der Waals surface area contributed by atoms with Gasteiger partial charge in [-0.1, -0.05) is 23.9 Å². The smallest absolute Gasteiger partial charge is 0.348 e. The Morgan fingerprint density at radius 1 is 1.39 bits per heavy atom. The molecule has 3 rings (SSSR count). The number of benzene rings is 1. The number of nitrogens with zero attached hydrogens (tertiary/aromatic N) is 2. The zero-order chi connectivity index (χ0) is 19.9. The average molecular weight is 404 g/mol. The standard InChI is InChI=1S/C20H25N3O4S/c1-27-15-6-2-5-14(11-15)12-21-18(25)13-28-19-16-7-3-8-17(16)23(9-4-10-24)20(26)22-19/h2,5-6,11,24H,3-4,7-10,12-13H2,1H3,(H,21,25). The predicted octanol–water partition coefficient (Wildman–Crippen LogP) is 1.53. The van der Waals surface area contributed by atoms with E-state index in [0.29, 0.717) is 24.5 Å². The van der Waals surface area contributed by atoms with Crippen LogP contribution in [-0.2, 0) is 30.7 Å². The molecule has 0 spiro atoms. The van der Waals surface area contributed by atoms with Crippen molar-refractivity contribution >= 4 is 17.7 Å². The van der Waals surface area contributed by atoms with Crippen molar-refractivity contribution in [1.82, 2.24) is 14.9 Å². The Kier molecular flexibility index (Phi) is 7.11. The molecule has 8 heteroatoms. The summed E-state index contributed by atoms with van der Waals surface area (Å²) >= 11 is 1.31. The summed E-state index contributed by atoms with van der Waals surface area (Å²) in [5.74, 6) is 0.859. The minimum atomic E-state index is -0.298. The number of ether oxygens (including phenoxy) is 1. The van der Waals surface area contributed by atoms with Crippen LogP contribution in [0.4, 0.5) is 0 Å². The summed E-state index contributed by atoms with van der Waals surface area (Å²) in [6.07, 6.45) is 3.23. The number of aromatic nitrogens is 2. The lowest BCUT2D eigenvalue weighted by atomic mass is 10.2. The van der Waals surface area contributed by atoms with Crippen molar-refractivity contribution < 1.29 is 14.6 Å². The number of methoxy groups -OCH3 is 1. The number of aliphatic hydroxyl groups excluding tert-OH is 1. The number of thioether (sulfide) groups is 1. The van der Waals surface area contributed by atoms with Crippen LogP contribution in [0, 0.1) is 0 Å². The van der Waals surface area contributed by atoms with Gasteiger partial charge in [0.05, 0.1) is 12.9 Å². The van der Waals surface area contributed by atoms with Crippen molar-refractivity contribution in [1.29, 1.82) is 0 Å². The number of hydrogen-bond acceptors (Lipinski definition) is 6. The third-order valence-corrected chi connectivity index (χ3v) is 5.72. The molecule has 1 aliphatic rings. The third-order valence-electron chi connectivity index (χ3n) is 4.70. The molecule has 2 aromatic rings. The quantitative estimate of drug-likeness (QED) is 0.487. The van der Waals surface area contributed by atoms with E-state index < -0.39 is 0 Å². The Bertz CT molecular complexity index is 898. The second kappa shape index (κ2) is 9.75. The van der Waals surface area contributed by atoms with Crippen molar-refractivity contribution in [3.63, 3.8) is 0 Å². The van der Waals surface area contributed by atoms with Crippen LogP contribution in [0.1, 0.15) is 29.7 Å². The number of carbonyl (C=O) groups is 1. The molecule has 0 saturated carbocycles. The molecule has 1 aliphatic carbocycles. The number of rotatable bonds is 9. The molecule has 1 heterocycles. The molecule has 0 aliphatic heterocycles. The lowest BCUT2D eigenvalue weighted by molar-refractivity contribution is -0.118. The number of hydrogen-bond donors (Lipinski definition) is 2. The summed E-state index contributed by atoms with van der Waals surface area (Å²) < 4.78 is 6.86.